The summed E-state index contributed by atoms with van der Waals surface area (Å²) >= 11 is 12.0. The van der Waals surface area contributed by atoms with Crippen molar-refractivity contribution in [2.45, 2.75) is 6.92 Å². The van der Waals surface area contributed by atoms with Gasteiger partial charge in [0.05, 0.1) is 0 Å². The summed E-state index contributed by atoms with van der Waals surface area (Å²) in [5, 5.41) is 9.89. The monoisotopic (exact) mass is 402 g/mol. The van der Waals surface area contributed by atoms with Crippen LogP contribution in [0.2, 0.25) is 10.0 Å². The van der Waals surface area contributed by atoms with Crippen molar-refractivity contribution in [3.05, 3.63) is 58.8 Å². The number of anilines is 6. The molecule has 5 N–H and O–H groups in total. The molecule has 3 rings (SSSR count). The van der Waals surface area contributed by atoms with Crippen LogP contribution in [0.15, 0.2) is 48.8 Å². The van der Waals surface area contributed by atoms with Gasteiger partial charge in [-0.2, -0.15) is 0 Å². The number of nitrogens with zero attached hydrogens (tertiary/aromatic N) is 2. The SMILES string of the molecule is CC(=O)Nc1ccc(Nc2ncnc(Nc3cc(Cl)cc(Cl)c3)c2N)cc1. The van der Waals surface area contributed by atoms with Gasteiger partial charge in [-0.15, -0.1) is 0 Å². The molecule has 0 aliphatic rings. The minimum absolute atomic E-state index is 0.132. The van der Waals surface area contributed by atoms with Crippen LogP contribution in [0.4, 0.5) is 34.4 Å². The second kappa shape index (κ2) is 8.11. The Morgan fingerprint density at radius 3 is 1.96 bits per heavy atom. The van der Waals surface area contributed by atoms with Crippen molar-refractivity contribution in [1.82, 2.24) is 9.97 Å². The van der Waals surface area contributed by atoms with Gasteiger partial charge in [0.1, 0.15) is 12.0 Å². The second-order valence-corrected chi connectivity index (χ2v) is 6.52. The number of carbonyl (C=O) groups is 1. The summed E-state index contributed by atoms with van der Waals surface area (Å²) in [7, 11) is 0. The quantitative estimate of drug-likeness (QED) is 0.487. The number of nitrogens with two attached hydrogens (primary N) is 1. The van der Waals surface area contributed by atoms with E-state index in [-0.39, 0.29) is 5.91 Å². The largest absolute Gasteiger partial charge is 0.393 e. The first kappa shape index (κ1) is 18.8. The average molecular weight is 403 g/mol. The van der Waals surface area contributed by atoms with Gasteiger partial charge >= 0.3 is 0 Å². The van der Waals surface area contributed by atoms with Crippen LogP contribution in [-0.4, -0.2) is 15.9 Å². The number of benzene rings is 2. The van der Waals surface area contributed by atoms with Crippen molar-refractivity contribution in [3.8, 4) is 0 Å². The molecule has 1 aromatic heterocycles. The molecule has 138 valence electrons. The molecule has 2 aromatic carbocycles. The van der Waals surface area contributed by atoms with Crippen LogP contribution in [0.1, 0.15) is 6.92 Å². The third kappa shape index (κ3) is 4.99. The Bertz CT molecular complexity index is 958. The van der Waals surface area contributed by atoms with E-state index in [9.17, 15) is 4.79 Å². The molecule has 0 bridgehead atoms. The van der Waals surface area contributed by atoms with Gasteiger partial charge in [-0.05, 0) is 42.5 Å². The molecule has 1 heterocycles. The molecule has 0 aliphatic heterocycles. The van der Waals surface area contributed by atoms with Gasteiger partial charge in [0.2, 0.25) is 5.91 Å². The van der Waals surface area contributed by atoms with E-state index in [4.69, 9.17) is 28.9 Å². The molecule has 0 spiro atoms. The second-order valence-electron chi connectivity index (χ2n) is 5.65. The fourth-order valence-electron chi connectivity index (χ4n) is 2.33. The van der Waals surface area contributed by atoms with Gasteiger partial charge < -0.3 is 21.7 Å². The van der Waals surface area contributed by atoms with E-state index in [1.807, 2.05) is 0 Å². The molecular formula is C18H16Cl2N6O. The summed E-state index contributed by atoms with van der Waals surface area (Å²) < 4.78 is 0. The molecule has 0 radical (unpaired) electrons. The third-order valence-electron chi connectivity index (χ3n) is 3.48. The van der Waals surface area contributed by atoms with Crippen molar-refractivity contribution in [2.75, 3.05) is 21.7 Å². The van der Waals surface area contributed by atoms with Crippen molar-refractivity contribution in [3.63, 3.8) is 0 Å². The normalized spacial score (nSPS) is 10.3. The molecule has 3 aromatic rings. The lowest BCUT2D eigenvalue weighted by Crippen LogP contribution is -2.06. The first-order valence-electron chi connectivity index (χ1n) is 7.89. The van der Waals surface area contributed by atoms with E-state index in [0.29, 0.717) is 38.7 Å². The van der Waals surface area contributed by atoms with Crippen LogP contribution >= 0.6 is 23.2 Å². The molecule has 0 atom stereocenters. The summed E-state index contributed by atoms with van der Waals surface area (Å²) in [4.78, 5) is 19.4. The van der Waals surface area contributed by atoms with E-state index in [1.54, 1.807) is 42.5 Å². The number of hydrogen-bond donors (Lipinski definition) is 4. The van der Waals surface area contributed by atoms with E-state index in [0.717, 1.165) is 5.69 Å². The maximum absolute atomic E-state index is 11.1. The molecule has 1 amide bonds. The highest BCUT2D eigenvalue weighted by Crippen LogP contribution is 2.30. The Morgan fingerprint density at radius 2 is 1.41 bits per heavy atom. The molecule has 0 saturated carbocycles. The summed E-state index contributed by atoms with van der Waals surface area (Å²) in [5.74, 6) is 0.723. The van der Waals surface area contributed by atoms with E-state index in [1.165, 1.54) is 13.3 Å². The lowest BCUT2D eigenvalue weighted by atomic mass is 10.2. The standard InChI is InChI=1S/C18H16Cl2N6O/c1-10(27)24-13-2-4-14(5-3-13)25-17-16(21)18(23-9-22-17)26-15-7-11(19)6-12(20)8-15/h2-9H,21H2,1H3,(H,24,27)(H2,22,23,25,26). The predicted molar refractivity (Wildman–Crippen MR) is 110 cm³/mol. The minimum atomic E-state index is -0.132. The number of carbonyl (C=O) groups excluding carboxylic acids is 1. The molecule has 7 nitrogen and oxygen atoms in total. The fraction of sp³-hybridized carbons (Fsp3) is 0.0556. The highest BCUT2D eigenvalue weighted by Gasteiger charge is 2.10. The van der Waals surface area contributed by atoms with Crippen molar-refractivity contribution in [2.24, 2.45) is 0 Å². The van der Waals surface area contributed by atoms with E-state index >= 15 is 0 Å². The number of rotatable bonds is 5. The van der Waals surface area contributed by atoms with Gasteiger partial charge in [-0.1, -0.05) is 23.2 Å². The zero-order chi connectivity index (χ0) is 19.4. The smallest absolute Gasteiger partial charge is 0.221 e. The minimum Gasteiger partial charge on any atom is -0.393 e. The maximum atomic E-state index is 11.1. The topological polar surface area (TPSA) is 105 Å². The molecule has 0 unspecified atom stereocenters. The first-order chi connectivity index (χ1) is 12.9. The predicted octanol–water partition coefficient (Wildman–Crippen LogP) is 4.81. The fourth-order valence-corrected chi connectivity index (χ4v) is 2.86. The molecule has 27 heavy (non-hydrogen) atoms. The zero-order valence-electron chi connectivity index (χ0n) is 14.3. The van der Waals surface area contributed by atoms with Crippen molar-refractivity contribution < 1.29 is 4.79 Å². The Labute approximate surface area is 165 Å². The number of nitrogens with one attached hydrogen (secondary N) is 3. The third-order valence-corrected chi connectivity index (χ3v) is 3.91. The lowest BCUT2D eigenvalue weighted by Gasteiger charge is -2.13. The van der Waals surface area contributed by atoms with Gasteiger partial charge in [-0.3, -0.25) is 4.79 Å². The molecule has 9 heteroatoms. The zero-order valence-corrected chi connectivity index (χ0v) is 15.8. The van der Waals surface area contributed by atoms with Crippen LogP contribution in [0.5, 0.6) is 0 Å². The number of aromatic nitrogens is 2. The highest BCUT2D eigenvalue weighted by molar-refractivity contribution is 6.35. The molecule has 0 aliphatic carbocycles. The summed E-state index contributed by atoms with van der Waals surface area (Å²) in [6.07, 6.45) is 1.39. The Balaban J connectivity index is 1.79. The van der Waals surface area contributed by atoms with E-state index < -0.39 is 0 Å². The Kier molecular flexibility index (Phi) is 5.63. The molecular weight excluding hydrogens is 387 g/mol. The van der Waals surface area contributed by atoms with Crippen molar-refractivity contribution >= 4 is 63.5 Å². The average Bonchev–Trinajstić information content (AvgIpc) is 2.59. The van der Waals surface area contributed by atoms with Gasteiger partial charge in [0, 0.05) is 34.0 Å². The Morgan fingerprint density at radius 1 is 0.889 bits per heavy atom. The molecule has 0 fully saturated rings. The number of amides is 1. The molecule has 0 saturated heterocycles. The summed E-state index contributed by atoms with van der Waals surface area (Å²) in [6, 6.07) is 12.2. The van der Waals surface area contributed by atoms with E-state index in [2.05, 4.69) is 25.9 Å². The number of nitrogen functional groups attached to an aromatic ring is 1. The Hall–Kier alpha value is -3.03. The van der Waals surface area contributed by atoms with Crippen molar-refractivity contribution in [1.29, 1.82) is 0 Å². The first-order valence-corrected chi connectivity index (χ1v) is 8.64. The number of halogens is 2. The number of hydrogen-bond acceptors (Lipinski definition) is 6. The lowest BCUT2D eigenvalue weighted by molar-refractivity contribution is -0.114. The van der Waals surface area contributed by atoms with Crippen LogP contribution in [0, 0.1) is 0 Å². The maximum Gasteiger partial charge on any atom is 0.221 e. The van der Waals surface area contributed by atoms with Gasteiger partial charge in [0.25, 0.3) is 0 Å². The van der Waals surface area contributed by atoms with Gasteiger partial charge in [-0.25, -0.2) is 9.97 Å². The van der Waals surface area contributed by atoms with Crippen LogP contribution in [0.25, 0.3) is 0 Å². The summed E-state index contributed by atoms with van der Waals surface area (Å²) in [5.41, 5.74) is 8.62. The van der Waals surface area contributed by atoms with Gasteiger partial charge in [0.15, 0.2) is 11.6 Å². The van der Waals surface area contributed by atoms with Crippen LogP contribution < -0.4 is 21.7 Å². The highest BCUT2D eigenvalue weighted by atomic mass is 35.5. The van der Waals surface area contributed by atoms with Crippen LogP contribution in [-0.2, 0) is 4.79 Å². The summed E-state index contributed by atoms with van der Waals surface area (Å²) in [6.45, 7) is 1.45. The van der Waals surface area contributed by atoms with Crippen LogP contribution in [0.3, 0.4) is 0 Å².